The van der Waals surface area contributed by atoms with Crippen LogP contribution in [0.4, 0.5) is 0 Å². The highest BCUT2D eigenvalue weighted by atomic mass is 16.5. The quantitative estimate of drug-likeness (QED) is 0.0749. The van der Waals surface area contributed by atoms with Crippen LogP contribution in [0.15, 0.2) is 0 Å². The number of carboxylic acids is 1. The molecule has 0 bridgehead atoms. The van der Waals surface area contributed by atoms with Gasteiger partial charge < -0.3 is 9.84 Å². The Labute approximate surface area is 231 Å². The molecule has 0 spiro atoms. The largest absolute Gasteiger partial charge is 0.481 e. The number of hydrogen-bond donors (Lipinski definition) is 1. The van der Waals surface area contributed by atoms with Gasteiger partial charge >= 0.3 is 11.9 Å². The predicted molar refractivity (Wildman–Crippen MR) is 158 cm³/mol. The fourth-order valence-electron chi connectivity index (χ4n) is 5.13. The molecule has 0 radical (unpaired) electrons. The van der Waals surface area contributed by atoms with E-state index in [1.165, 1.54) is 109 Å². The lowest BCUT2D eigenvalue weighted by molar-refractivity contribution is -0.150. The van der Waals surface area contributed by atoms with Crippen LogP contribution in [0.3, 0.4) is 0 Å². The SMILES string of the molecule is CCCCCCCCCCCCCCCC(=O)OC(CCCCCCCCC)CCCCCCC(=O)O. The Morgan fingerprint density at radius 3 is 1.19 bits per heavy atom. The third-order valence-electron chi connectivity index (χ3n) is 7.58. The standard InChI is InChI=1S/C33H64O4/c1-3-5-7-9-11-12-13-14-15-16-18-20-26-30-33(36)37-31(27-23-19-17-10-8-6-4-2)28-24-21-22-25-29-32(34)35/h31H,3-30H2,1-2H3,(H,34,35). The minimum Gasteiger partial charge on any atom is -0.481 e. The summed E-state index contributed by atoms with van der Waals surface area (Å²) in [5.41, 5.74) is 0. The van der Waals surface area contributed by atoms with Gasteiger partial charge in [-0.2, -0.15) is 0 Å². The maximum Gasteiger partial charge on any atom is 0.306 e. The summed E-state index contributed by atoms with van der Waals surface area (Å²) in [6.45, 7) is 4.52. The van der Waals surface area contributed by atoms with Crippen molar-refractivity contribution in [2.75, 3.05) is 0 Å². The number of rotatable bonds is 30. The zero-order chi connectivity index (χ0) is 27.2. The minimum absolute atomic E-state index is 0.0121. The molecule has 0 rings (SSSR count). The lowest BCUT2D eigenvalue weighted by atomic mass is 10.0. The second kappa shape index (κ2) is 29.5. The average molecular weight is 525 g/mol. The van der Waals surface area contributed by atoms with Gasteiger partial charge in [-0.1, -0.05) is 142 Å². The molecule has 1 N–H and O–H groups in total. The van der Waals surface area contributed by atoms with E-state index in [4.69, 9.17) is 9.84 Å². The third-order valence-corrected chi connectivity index (χ3v) is 7.58. The Morgan fingerprint density at radius 1 is 0.486 bits per heavy atom. The van der Waals surface area contributed by atoms with Crippen molar-refractivity contribution in [2.45, 2.75) is 200 Å². The van der Waals surface area contributed by atoms with E-state index in [2.05, 4.69) is 13.8 Å². The van der Waals surface area contributed by atoms with Crippen LogP contribution in [0.25, 0.3) is 0 Å². The number of hydrogen-bond acceptors (Lipinski definition) is 3. The molecule has 1 atom stereocenters. The molecule has 0 fully saturated rings. The van der Waals surface area contributed by atoms with Gasteiger partial charge in [0.2, 0.25) is 0 Å². The molecular weight excluding hydrogens is 460 g/mol. The lowest BCUT2D eigenvalue weighted by Crippen LogP contribution is -2.18. The van der Waals surface area contributed by atoms with E-state index in [0.717, 1.165) is 57.8 Å². The molecule has 4 heteroatoms. The molecule has 0 aromatic carbocycles. The van der Waals surface area contributed by atoms with Gasteiger partial charge in [0.25, 0.3) is 0 Å². The van der Waals surface area contributed by atoms with Gasteiger partial charge in [-0.3, -0.25) is 9.59 Å². The van der Waals surface area contributed by atoms with E-state index in [-0.39, 0.29) is 18.5 Å². The minimum atomic E-state index is -0.709. The molecule has 0 heterocycles. The van der Waals surface area contributed by atoms with E-state index >= 15 is 0 Å². The molecule has 4 nitrogen and oxygen atoms in total. The van der Waals surface area contributed by atoms with Crippen molar-refractivity contribution in [3.8, 4) is 0 Å². The van der Waals surface area contributed by atoms with Crippen LogP contribution < -0.4 is 0 Å². The van der Waals surface area contributed by atoms with Crippen LogP contribution in [0.2, 0.25) is 0 Å². The first-order valence-corrected chi connectivity index (χ1v) is 16.5. The number of carboxylic acid groups (broad SMARTS) is 1. The van der Waals surface area contributed by atoms with Gasteiger partial charge in [-0.25, -0.2) is 0 Å². The van der Waals surface area contributed by atoms with Crippen molar-refractivity contribution in [1.29, 1.82) is 0 Å². The fourth-order valence-corrected chi connectivity index (χ4v) is 5.13. The maximum atomic E-state index is 12.5. The fraction of sp³-hybridized carbons (Fsp3) is 0.939. The van der Waals surface area contributed by atoms with Crippen molar-refractivity contribution in [3.63, 3.8) is 0 Å². The number of carbonyl (C=O) groups excluding carboxylic acids is 1. The normalized spacial score (nSPS) is 12.1. The molecule has 0 aromatic rings. The molecule has 0 aliphatic rings. The number of carbonyl (C=O) groups is 2. The zero-order valence-corrected chi connectivity index (χ0v) is 25.0. The van der Waals surface area contributed by atoms with Gasteiger partial charge in [-0.15, -0.1) is 0 Å². The van der Waals surface area contributed by atoms with Gasteiger partial charge in [-0.05, 0) is 38.5 Å². The zero-order valence-electron chi connectivity index (χ0n) is 25.0. The Kier molecular flexibility index (Phi) is 28.7. The smallest absolute Gasteiger partial charge is 0.306 e. The molecule has 0 aliphatic heterocycles. The molecule has 0 aromatic heterocycles. The highest BCUT2D eigenvalue weighted by Crippen LogP contribution is 2.18. The van der Waals surface area contributed by atoms with Crippen LogP contribution in [-0.2, 0) is 14.3 Å². The van der Waals surface area contributed by atoms with E-state index < -0.39 is 5.97 Å². The van der Waals surface area contributed by atoms with Crippen molar-refractivity contribution in [3.05, 3.63) is 0 Å². The number of esters is 1. The topological polar surface area (TPSA) is 63.6 Å². The van der Waals surface area contributed by atoms with Crippen molar-refractivity contribution >= 4 is 11.9 Å². The van der Waals surface area contributed by atoms with Crippen LogP contribution >= 0.6 is 0 Å². The Bertz CT molecular complexity index is 491. The second-order valence-corrected chi connectivity index (χ2v) is 11.4. The molecule has 0 saturated heterocycles. The number of ether oxygens (including phenoxy) is 1. The highest BCUT2D eigenvalue weighted by molar-refractivity contribution is 5.69. The van der Waals surface area contributed by atoms with Gasteiger partial charge in [0.1, 0.15) is 6.10 Å². The monoisotopic (exact) mass is 524 g/mol. The van der Waals surface area contributed by atoms with Gasteiger partial charge in [0, 0.05) is 12.8 Å². The third kappa shape index (κ3) is 29.4. The number of unbranched alkanes of at least 4 members (excludes halogenated alkanes) is 21. The molecule has 1 unspecified atom stereocenters. The van der Waals surface area contributed by atoms with Crippen molar-refractivity contribution in [1.82, 2.24) is 0 Å². The van der Waals surface area contributed by atoms with E-state index in [1.807, 2.05) is 0 Å². The Balaban J connectivity index is 3.92. The Hall–Kier alpha value is -1.06. The molecular formula is C33H64O4. The summed E-state index contributed by atoms with van der Waals surface area (Å²) in [5.74, 6) is -0.721. The summed E-state index contributed by atoms with van der Waals surface area (Å²) in [7, 11) is 0. The predicted octanol–water partition coefficient (Wildman–Crippen LogP) is 10.9. The first-order valence-electron chi connectivity index (χ1n) is 16.5. The summed E-state index contributed by atoms with van der Waals surface area (Å²) in [6, 6.07) is 0. The summed E-state index contributed by atoms with van der Waals surface area (Å²) < 4.78 is 5.91. The van der Waals surface area contributed by atoms with E-state index in [0.29, 0.717) is 6.42 Å². The van der Waals surface area contributed by atoms with Crippen molar-refractivity contribution < 1.29 is 19.4 Å². The molecule has 220 valence electrons. The summed E-state index contributed by atoms with van der Waals surface area (Å²) in [6.07, 6.45) is 32.5. The van der Waals surface area contributed by atoms with E-state index in [1.54, 1.807) is 0 Å². The maximum absolute atomic E-state index is 12.5. The average Bonchev–Trinajstić information content (AvgIpc) is 2.87. The summed E-state index contributed by atoms with van der Waals surface area (Å²) in [5, 5.41) is 8.78. The van der Waals surface area contributed by atoms with E-state index in [9.17, 15) is 9.59 Å². The number of aliphatic carboxylic acids is 1. The molecule has 0 aliphatic carbocycles. The summed E-state index contributed by atoms with van der Waals surface area (Å²) in [4.78, 5) is 23.2. The van der Waals surface area contributed by atoms with Crippen LogP contribution in [0, 0.1) is 0 Å². The first-order chi connectivity index (χ1) is 18.1. The van der Waals surface area contributed by atoms with Crippen LogP contribution in [0.1, 0.15) is 194 Å². The van der Waals surface area contributed by atoms with Gasteiger partial charge in [0.15, 0.2) is 0 Å². The van der Waals surface area contributed by atoms with Crippen LogP contribution in [0.5, 0.6) is 0 Å². The lowest BCUT2D eigenvalue weighted by Gasteiger charge is -2.18. The highest BCUT2D eigenvalue weighted by Gasteiger charge is 2.14. The molecule has 37 heavy (non-hydrogen) atoms. The Morgan fingerprint density at radius 2 is 0.811 bits per heavy atom. The summed E-state index contributed by atoms with van der Waals surface area (Å²) >= 11 is 0. The van der Waals surface area contributed by atoms with Crippen molar-refractivity contribution in [2.24, 2.45) is 0 Å². The second-order valence-electron chi connectivity index (χ2n) is 11.4. The molecule has 0 amide bonds. The molecule has 0 saturated carbocycles. The van der Waals surface area contributed by atoms with Gasteiger partial charge in [0.05, 0.1) is 0 Å². The first kappa shape index (κ1) is 35.9. The van der Waals surface area contributed by atoms with Crippen LogP contribution in [-0.4, -0.2) is 23.1 Å².